The lowest BCUT2D eigenvalue weighted by molar-refractivity contribution is -0.116. The van der Waals surface area contributed by atoms with E-state index in [1.54, 1.807) is 4.90 Å². The van der Waals surface area contributed by atoms with Crippen molar-refractivity contribution in [2.45, 2.75) is 25.4 Å². The van der Waals surface area contributed by atoms with E-state index in [1.165, 1.54) is 6.07 Å². The molecule has 2 aromatic rings. The molecule has 0 unspecified atom stereocenters. The number of nitriles is 1. The van der Waals surface area contributed by atoms with E-state index < -0.39 is 0 Å². The number of hydrogen-bond acceptors (Lipinski definition) is 7. The molecule has 0 radical (unpaired) electrons. The Balaban J connectivity index is 2.15. The lowest BCUT2D eigenvalue weighted by Crippen LogP contribution is -2.33. The minimum absolute atomic E-state index is 0.126. The summed E-state index contributed by atoms with van der Waals surface area (Å²) in [4.78, 5) is 22.4. The highest BCUT2D eigenvalue weighted by molar-refractivity contribution is 7.99. The molecule has 130 valence electrons. The minimum atomic E-state index is -0.131. The van der Waals surface area contributed by atoms with Crippen molar-refractivity contribution in [2.75, 3.05) is 28.7 Å². The number of rotatable bonds is 6. The van der Waals surface area contributed by atoms with E-state index in [1.807, 2.05) is 32.0 Å². The molecule has 0 saturated carbocycles. The minimum Gasteiger partial charge on any atom is -0.383 e. The first-order valence-electron chi connectivity index (χ1n) is 7.68. The molecule has 7 nitrogen and oxygen atoms in total. The van der Waals surface area contributed by atoms with E-state index in [9.17, 15) is 4.79 Å². The molecule has 25 heavy (non-hydrogen) atoms. The molecule has 1 aromatic heterocycles. The van der Waals surface area contributed by atoms with Crippen LogP contribution in [0.1, 0.15) is 17.5 Å². The second-order valence-electron chi connectivity index (χ2n) is 5.51. The van der Waals surface area contributed by atoms with Gasteiger partial charge in [-0.2, -0.15) is 5.26 Å². The molecule has 8 heteroatoms. The second kappa shape index (κ2) is 8.35. The number of aryl methyl sites for hydroxylation is 2. The standard InChI is InChI=1S/C17H20N6OS/c1-11-4-5-13(8-12(11)2)23(7-3-6-18)16(24)10-25-17-21-14(19)9-15(20)22-17/h4-5,8-9H,3,7,10H2,1-2H3,(H4,19,20,21,22). The number of carbonyl (C=O) groups excluding carboxylic acids is 1. The molecule has 0 bridgehead atoms. The fraction of sp³-hybridized carbons (Fsp3) is 0.294. The number of amides is 1. The zero-order valence-corrected chi connectivity index (χ0v) is 15.0. The van der Waals surface area contributed by atoms with Crippen molar-refractivity contribution in [1.29, 1.82) is 5.26 Å². The van der Waals surface area contributed by atoms with E-state index in [2.05, 4.69) is 16.0 Å². The highest BCUT2D eigenvalue weighted by atomic mass is 32.2. The number of thioether (sulfide) groups is 1. The van der Waals surface area contributed by atoms with Crippen molar-refractivity contribution in [3.8, 4) is 6.07 Å². The number of nitrogens with two attached hydrogens (primary N) is 2. The molecule has 0 atom stereocenters. The van der Waals surface area contributed by atoms with Gasteiger partial charge in [-0.3, -0.25) is 4.79 Å². The molecule has 0 aliphatic heterocycles. The maximum absolute atomic E-state index is 12.7. The summed E-state index contributed by atoms with van der Waals surface area (Å²) in [5.41, 5.74) is 14.3. The fourth-order valence-corrected chi connectivity index (χ4v) is 2.93. The SMILES string of the molecule is Cc1ccc(N(CCC#N)C(=O)CSc2nc(N)cc(N)n2)cc1C. The Kier molecular flexibility index (Phi) is 6.19. The van der Waals surface area contributed by atoms with E-state index in [0.29, 0.717) is 11.7 Å². The van der Waals surface area contributed by atoms with Crippen molar-refractivity contribution >= 4 is 35.0 Å². The van der Waals surface area contributed by atoms with E-state index in [4.69, 9.17) is 16.7 Å². The van der Waals surface area contributed by atoms with Gasteiger partial charge in [-0.15, -0.1) is 0 Å². The van der Waals surface area contributed by atoms with Crippen LogP contribution in [0, 0.1) is 25.2 Å². The molecule has 1 heterocycles. The highest BCUT2D eigenvalue weighted by Crippen LogP contribution is 2.22. The lowest BCUT2D eigenvalue weighted by atomic mass is 10.1. The molecular weight excluding hydrogens is 336 g/mol. The number of nitrogens with zero attached hydrogens (tertiary/aromatic N) is 4. The third-order valence-corrected chi connectivity index (χ3v) is 4.45. The lowest BCUT2D eigenvalue weighted by Gasteiger charge is -2.22. The van der Waals surface area contributed by atoms with Crippen LogP contribution in [0.25, 0.3) is 0 Å². The van der Waals surface area contributed by atoms with Gasteiger partial charge in [0.1, 0.15) is 11.6 Å². The summed E-state index contributed by atoms with van der Waals surface area (Å²) in [5, 5.41) is 9.22. The van der Waals surface area contributed by atoms with Gasteiger partial charge in [-0.05, 0) is 37.1 Å². The summed E-state index contributed by atoms with van der Waals surface area (Å²) < 4.78 is 0. The van der Waals surface area contributed by atoms with Crippen molar-refractivity contribution in [3.63, 3.8) is 0 Å². The van der Waals surface area contributed by atoms with E-state index >= 15 is 0 Å². The Bertz CT molecular complexity index is 797. The van der Waals surface area contributed by atoms with Gasteiger partial charge in [-0.1, -0.05) is 17.8 Å². The van der Waals surface area contributed by atoms with Crippen molar-refractivity contribution < 1.29 is 4.79 Å². The first-order chi connectivity index (χ1) is 11.9. The Labute approximate surface area is 151 Å². The zero-order chi connectivity index (χ0) is 18.4. The summed E-state index contributed by atoms with van der Waals surface area (Å²) in [7, 11) is 0. The maximum Gasteiger partial charge on any atom is 0.237 e. The quantitative estimate of drug-likeness (QED) is 0.601. The van der Waals surface area contributed by atoms with Crippen LogP contribution in [0.3, 0.4) is 0 Å². The largest absolute Gasteiger partial charge is 0.383 e. The summed E-state index contributed by atoms with van der Waals surface area (Å²) in [5.74, 6) is 0.519. The van der Waals surface area contributed by atoms with Crippen molar-refractivity contribution in [2.24, 2.45) is 0 Å². The summed E-state index contributed by atoms with van der Waals surface area (Å²) in [6.45, 7) is 4.33. The average Bonchev–Trinajstić information content (AvgIpc) is 2.55. The average molecular weight is 356 g/mol. The summed E-state index contributed by atoms with van der Waals surface area (Å²) in [6.07, 6.45) is 0.255. The molecule has 1 amide bonds. The fourth-order valence-electron chi connectivity index (χ4n) is 2.18. The predicted molar refractivity (Wildman–Crippen MR) is 100 cm³/mol. The van der Waals surface area contributed by atoms with Gasteiger partial charge < -0.3 is 16.4 Å². The number of nitrogen functional groups attached to an aromatic ring is 2. The molecule has 0 saturated heterocycles. The van der Waals surface area contributed by atoms with Gasteiger partial charge in [0.2, 0.25) is 5.91 Å². The first kappa shape index (κ1) is 18.5. The number of carbonyl (C=O) groups is 1. The van der Waals surface area contributed by atoms with Crippen LogP contribution in [-0.2, 0) is 4.79 Å². The molecule has 2 rings (SSSR count). The number of anilines is 3. The van der Waals surface area contributed by atoms with E-state index in [0.717, 1.165) is 28.6 Å². The van der Waals surface area contributed by atoms with Crippen LogP contribution in [-0.4, -0.2) is 28.2 Å². The molecule has 1 aromatic carbocycles. The van der Waals surface area contributed by atoms with Crippen LogP contribution in [0.5, 0.6) is 0 Å². The molecule has 0 aliphatic carbocycles. The summed E-state index contributed by atoms with van der Waals surface area (Å²) in [6, 6.07) is 9.34. The maximum atomic E-state index is 12.7. The first-order valence-corrected chi connectivity index (χ1v) is 8.66. The van der Waals surface area contributed by atoms with Crippen LogP contribution in [0.15, 0.2) is 29.4 Å². The zero-order valence-electron chi connectivity index (χ0n) is 14.2. The topological polar surface area (TPSA) is 122 Å². The molecule has 0 spiro atoms. The Hall–Kier alpha value is -2.79. The van der Waals surface area contributed by atoms with Crippen LogP contribution < -0.4 is 16.4 Å². The third kappa shape index (κ3) is 5.09. The molecule has 0 aliphatic rings. The van der Waals surface area contributed by atoms with Crippen molar-refractivity contribution in [1.82, 2.24) is 9.97 Å². The van der Waals surface area contributed by atoms with Gasteiger partial charge in [-0.25, -0.2) is 9.97 Å². The molecular formula is C17H20N6OS. The Morgan fingerprint density at radius 2 is 1.88 bits per heavy atom. The monoisotopic (exact) mass is 356 g/mol. The molecule has 4 N–H and O–H groups in total. The van der Waals surface area contributed by atoms with Gasteiger partial charge in [0.05, 0.1) is 18.2 Å². The Morgan fingerprint density at radius 3 is 2.48 bits per heavy atom. The van der Waals surface area contributed by atoms with Crippen LogP contribution in [0.4, 0.5) is 17.3 Å². The predicted octanol–water partition coefficient (Wildman–Crippen LogP) is 2.30. The smallest absolute Gasteiger partial charge is 0.237 e. The Morgan fingerprint density at radius 1 is 1.20 bits per heavy atom. The van der Waals surface area contributed by atoms with Gasteiger partial charge in [0, 0.05) is 18.3 Å². The third-order valence-electron chi connectivity index (χ3n) is 3.62. The summed E-state index contributed by atoms with van der Waals surface area (Å²) >= 11 is 1.16. The normalized spacial score (nSPS) is 10.3. The van der Waals surface area contributed by atoms with Crippen LogP contribution >= 0.6 is 11.8 Å². The van der Waals surface area contributed by atoms with Crippen LogP contribution in [0.2, 0.25) is 0 Å². The number of hydrogen-bond donors (Lipinski definition) is 2. The number of benzene rings is 1. The second-order valence-corrected chi connectivity index (χ2v) is 6.45. The molecule has 0 fully saturated rings. The highest BCUT2D eigenvalue weighted by Gasteiger charge is 2.17. The van der Waals surface area contributed by atoms with Crippen molar-refractivity contribution in [3.05, 3.63) is 35.4 Å². The van der Waals surface area contributed by atoms with Gasteiger partial charge in [0.15, 0.2) is 5.16 Å². The van der Waals surface area contributed by atoms with E-state index in [-0.39, 0.29) is 29.7 Å². The van der Waals surface area contributed by atoms with Gasteiger partial charge in [0.25, 0.3) is 0 Å². The number of aromatic nitrogens is 2. The van der Waals surface area contributed by atoms with Gasteiger partial charge >= 0.3 is 0 Å².